The Kier molecular flexibility index (Phi) is 6.28. The van der Waals surface area contributed by atoms with E-state index in [4.69, 9.17) is 4.42 Å². The number of nitrogens with zero attached hydrogens (tertiary/aromatic N) is 2. The third kappa shape index (κ3) is 4.16. The zero-order valence-electron chi connectivity index (χ0n) is 17.6. The van der Waals surface area contributed by atoms with E-state index in [0.29, 0.717) is 21.9 Å². The number of benzene rings is 2. The molecule has 0 saturated carbocycles. The fourth-order valence-corrected chi connectivity index (χ4v) is 4.69. The van der Waals surface area contributed by atoms with Crippen molar-refractivity contribution in [2.75, 3.05) is 22.9 Å². The minimum atomic E-state index is -0.297. The van der Waals surface area contributed by atoms with Gasteiger partial charge in [0.05, 0.1) is 28.2 Å². The molecular formula is C25H24N2O3S. The number of furan rings is 1. The molecule has 2 aromatic carbocycles. The number of imide groups is 1. The molecule has 2 amide bonds. The molecule has 0 fully saturated rings. The molecule has 4 rings (SSSR count). The smallest absolute Gasteiger partial charge is 0.272 e. The second-order valence-corrected chi connectivity index (χ2v) is 8.06. The first kappa shape index (κ1) is 21.0. The Morgan fingerprint density at radius 1 is 0.871 bits per heavy atom. The summed E-state index contributed by atoms with van der Waals surface area (Å²) in [4.78, 5) is 30.7. The lowest BCUT2D eigenvalue weighted by Crippen LogP contribution is -2.31. The van der Waals surface area contributed by atoms with Crippen molar-refractivity contribution in [3.63, 3.8) is 0 Å². The van der Waals surface area contributed by atoms with Gasteiger partial charge in [-0.25, -0.2) is 4.90 Å². The fraction of sp³-hybridized carbons (Fsp3) is 0.200. The van der Waals surface area contributed by atoms with Gasteiger partial charge in [0.15, 0.2) is 0 Å². The Hall–Kier alpha value is -3.25. The average Bonchev–Trinajstić information content (AvgIpc) is 3.40. The Labute approximate surface area is 186 Å². The summed E-state index contributed by atoms with van der Waals surface area (Å²) < 4.78 is 5.41. The van der Waals surface area contributed by atoms with E-state index in [9.17, 15) is 9.59 Å². The summed E-state index contributed by atoms with van der Waals surface area (Å²) >= 11 is 1.34. The van der Waals surface area contributed by atoms with Crippen LogP contribution in [0.4, 0.5) is 11.4 Å². The minimum Gasteiger partial charge on any atom is -0.468 e. The number of thioether (sulfide) groups is 1. The van der Waals surface area contributed by atoms with Gasteiger partial charge in [0.2, 0.25) is 0 Å². The molecule has 1 aliphatic heterocycles. The van der Waals surface area contributed by atoms with Crippen LogP contribution in [-0.2, 0) is 15.3 Å². The average molecular weight is 433 g/mol. The number of rotatable bonds is 8. The van der Waals surface area contributed by atoms with E-state index in [1.54, 1.807) is 6.26 Å². The van der Waals surface area contributed by atoms with Crippen LogP contribution < -0.4 is 9.80 Å². The molecule has 5 nitrogen and oxygen atoms in total. The molecule has 0 unspecified atom stereocenters. The van der Waals surface area contributed by atoms with Crippen molar-refractivity contribution in [3.8, 4) is 0 Å². The van der Waals surface area contributed by atoms with Crippen LogP contribution in [0.1, 0.15) is 25.2 Å². The van der Waals surface area contributed by atoms with E-state index in [1.807, 2.05) is 66.7 Å². The van der Waals surface area contributed by atoms with Crippen molar-refractivity contribution in [2.24, 2.45) is 0 Å². The topological polar surface area (TPSA) is 53.8 Å². The molecule has 0 saturated heterocycles. The standard InChI is InChI=1S/C25H24N2O3S/c1-3-26(4-2)19-12-14-20(15-13-19)27-24(28)22(18-9-6-5-7-10-18)23(25(27)29)31-17-21-11-8-16-30-21/h5-16H,3-4,17H2,1-2H3. The monoisotopic (exact) mass is 432 g/mol. The van der Waals surface area contributed by atoms with Gasteiger partial charge in [0, 0.05) is 18.8 Å². The highest BCUT2D eigenvalue weighted by Gasteiger charge is 2.40. The molecule has 0 atom stereocenters. The lowest BCUT2D eigenvalue weighted by molar-refractivity contribution is -0.119. The van der Waals surface area contributed by atoms with Gasteiger partial charge in [-0.3, -0.25) is 9.59 Å². The predicted octanol–water partition coefficient (Wildman–Crippen LogP) is 5.34. The van der Waals surface area contributed by atoms with E-state index in [-0.39, 0.29) is 11.8 Å². The van der Waals surface area contributed by atoms with E-state index in [1.165, 1.54) is 16.7 Å². The van der Waals surface area contributed by atoms with E-state index < -0.39 is 0 Å². The molecule has 0 bridgehead atoms. The molecule has 0 radical (unpaired) electrons. The van der Waals surface area contributed by atoms with Gasteiger partial charge in [0.25, 0.3) is 11.8 Å². The highest BCUT2D eigenvalue weighted by molar-refractivity contribution is 8.03. The zero-order chi connectivity index (χ0) is 21.8. The molecule has 1 aliphatic rings. The largest absolute Gasteiger partial charge is 0.468 e. The number of carbonyl (C=O) groups excluding carboxylic acids is 2. The van der Waals surface area contributed by atoms with E-state index >= 15 is 0 Å². The summed E-state index contributed by atoms with van der Waals surface area (Å²) in [6.07, 6.45) is 1.60. The number of amides is 2. The molecule has 0 N–H and O–H groups in total. The Balaban J connectivity index is 1.67. The summed E-state index contributed by atoms with van der Waals surface area (Å²) in [6.45, 7) is 5.99. The third-order valence-corrected chi connectivity index (χ3v) is 6.38. The molecule has 1 aromatic heterocycles. The van der Waals surface area contributed by atoms with Crippen molar-refractivity contribution in [1.29, 1.82) is 0 Å². The first-order valence-electron chi connectivity index (χ1n) is 10.3. The normalized spacial score (nSPS) is 13.9. The Morgan fingerprint density at radius 2 is 1.58 bits per heavy atom. The Morgan fingerprint density at radius 3 is 2.19 bits per heavy atom. The van der Waals surface area contributed by atoms with Crippen LogP contribution in [0.2, 0.25) is 0 Å². The molecule has 6 heteroatoms. The maximum absolute atomic E-state index is 13.4. The molecule has 2 heterocycles. The van der Waals surface area contributed by atoms with Crippen molar-refractivity contribution in [2.45, 2.75) is 19.6 Å². The second kappa shape index (κ2) is 9.27. The van der Waals surface area contributed by atoms with Gasteiger partial charge < -0.3 is 9.32 Å². The molecular weight excluding hydrogens is 408 g/mol. The molecule has 0 aliphatic carbocycles. The summed E-state index contributed by atoms with van der Waals surface area (Å²) in [5, 5.41) is 0. The summed E-state index contributed by atoms with van der Waals surface area (Å²) in [6, 6.07) is 20.6. The van der Waals surface area contributed by atoms with Crippen molar-refractivity contribution >= 4 is 40.5 Å². The Bertz CT molecular complexity index is 1090. The van der Waals surface area contributed by atoms with Gasteiger partial charge in [-0.1, -0.05) is 30.3 Å². The van der Waals surface area contributed by atoms with Crippen LogP contribution in [0, 0.1) is 0 Å². The van der Waals surface area contributed by atoms with Gasteiger partial charge in [-0.15, -0.1) is 11.8 Å². The first-order chi connectivity index (χ1) is 15.1. The fourth-order valence-electron chi connectivity index (χ4n) is 3.68. The van der Waals surface area contributed by atoms with Crippen LogP contribution >= 0.6 is 11.8 Å². The first-order valence-corrected chi connectivity index (χ1v) is 11.3. The molecule has 3 aromatic rings. The van der Waals surface area contributed by atoms with Crippen LogP contribution in [0.5, 0.6) is 0 Å². The summed E-state index contributed by atoms with van der Waals surface area (Å²) in [5.41, 5.74) is 2.82. The number of anilines is 2. The zero-order valence-corrected chi connectivity index (χ0v) is 18.4. The van der Waals surface area contributed by atoms with Crippen molar-refractivity contribution in [1.82, 2.24) is 0 Å². The van der Waals surface area contributed by atoms with Crippen LogP contribution in [0.25, 0.3) is 5.57 Å². The van der Waals surface area contributed by atoms with Crippen LogP contribution in [-0.4, -0.2) is 24.9 Å². The van der Waals surface area contributed by atoms with Gasteiger partial charge in [0.1, 0.15) is 5.76 Å². The van der Waals surface area contributed by atoms with E-state index in [0.717, 1.165) is 30.1 Å². The van der Waals surface area contributed by atoms with Gasteiger partial charge in [-0.05, 0) is 55.8 Å². The second-order valence-electron chi connectivity index (χ2n) is 7.07. The molecule has 31 heavy (non-hydrogen) atoms. The highest BCUT2D eigenvalue weighted by atomic mass is 32.2. The number of hydrogen-bond acceptors (Lipinski definition) is 5. The quantitative estimate of drug-likeness (QED) is 0.450. The van der Waals surface area contributed by atoms with Crippen molar-refractivity contribution in [3.05, 3.63) is 89.2 Å². The van der Waals surface area contributed by atoms with Gasteiger partial charge in [-0.2, -0.15) is 0 Å². The summed E-state index contributed by atoms with van der Waals surface area (Å²) in [5.74, 6) is 0.642. The minimum absolute atomic E-state index is 0.295. The maximum atomic E-state index is 13.4. The lowest BCUT2D eigenvalue weighted by atomic mass is 10.1. The molecule has 158 valence electrons. The number of hydrogen-bond donors (Lipinski definition) is 0. The SMILES string of the molecule is CCN(CC)c1ccc(N2C(=O)C(SCc3ccco3)=C(c3ccccc3)C2=O)cc1. The third-order valence-electron chi connectivity index (χ3n) is 5.28. The van der Waals surface area contributed by atoms with Crippen LogP contribution in [0.3, 0.4) is 0 Å². The van der Waals surface area contributed by atoms with Crippen molar-refractivity contribution < 1.29 is 14.0 Å². The summed E-state index contributed by atoms with van der Waals surface area (Å²) in [7, 11) is 0. The van der Waals surface area contributed by atoms with E-state index in [2.05, 4.69) is 18.7 Å². The van der Waals surface area contributed by atoms with Crippen LogP contribution in [0.15, 0.2) is 82.3 Å². The highest BCUT2D eigenvalue weighted by Crippen LogP contribution is 2.39. The number of carbonyl (C=O) groups is 2. The lowest BCUT2D eigenvalue weighted by Gasteiger charge is -2.22. The maximum Gasteiger partial charge on any atom is 0.272 e. The molecule has 0 spiro atoms. The predicted molar refractivity (Wildman–Crippen MR) is 126 cm³/mol. The van der Waals surface area contributed by atoms with Gasteiger partial charge >= 0.3 is 0 Å².